The summed E-state index contributed by atoms with van der Waals surface area (Å²) >= 11 is 0. The molecule has 1 radical (unpaired) electrons. The third-order valence-corrected chi connectivity index (χ3v) is 0.577. The molecular formula is C4H3N2O. The first-order valence-electron chi connectivity index (χ1n) is 1.85. The van der Waals surface area contributed by atoms with Gasteiger partial charge in [0.15, 0.2) is 0 Å². The maximum absolute atomic E-state index is 10.0. The van der Waals surface area contributed by atoms with Gasteiger partial charge >= 0.3 is 6.03 Å². The lowest BCUT2D eigenvalue weighted by atomic mass is 10.5. The van der Waals surface area contributed by atoms with Gasteiger partial charge in [-0.25, -0.2) is 4.79 Å². The molecule has 1 heterocycles. The second-order valence-corrected chi connectivity index (χ2v) is 1.20. The topological polar surface area (TPSA) is 41.8 Å². The van der Waals surface area contributed by atoms with Crippen LogP contribution in [0.2, 0.25) is 0 Å². The zero-order chi connectivity index (χ0) is 5.28. The summed E-state index contributed by atoms with van der Waals surface area (Å²) in [5, 5.41) is 0. The minimum absolute atomic E-state index is 0.447. The van der Waals surface area contributed by atoms with Crippen molar-refractivity contribution in [1.82, 2.24) is 0 Å². The van der Waals surface area contributed by atoms with Crippen molar-refractivity contribution in [2.45, 2.75) is 6.92 Å². The standard InChI is InChI=1S/C4H3N2O/c1-3-2-5-4(7)6-3/h1H3. The predicted molar refractivity (Wildman–Crippen MR) is 25.9 cm³/mol. The van der Waals surface area contributed by atoms with Gasteiger partial charge in [-0.1, -0.05) is 0 Å². The van der Waals surface area contributed by atoms with Crippen molar-refractivity contribution in [2.24, 2.45) is 9.98 Å². The molecule has 0 saturated heterocycles. The van der Waals surface area contributed by atoms with Crippen LogP contribution >= 0.6 is 0 Å². The molecule has 0 saturated carbocycles. The van der Waals surface area contributed by atoms with Gasteiger partial charge in [-0.2, -0.15) is 9.98 Å². The Morgan fingerprint density at radius 1 is 1.71 bits per heavy atom. The predicted octanol–water partition coefficient (Wildman–Crippen LogP) is 0.529. The molecule has 0 aliphatic carbocycles. The fourth-order valence-corrected chi connectivity index (χ4v) is 0.322. The van der Waals surface area contributed by atoms with Gasteiger partial charge in [0.25, 0.3) is 0 Å². The van der Waals surface area contributed by atoms with Gasteiger partial charge in [-0.3, -0.25) is 0 Å². The van der Waals surface area contributed by atoms with Crippen LogP contribution in [0.1, 0.15) is 6.92 Å². The Morgan fingerprint density at radius 2 is 2.43 bits per heavy atom. The summed E-state index contributed by atoms with van der Waals surface area (Å²) in [6.45, 7) is 1.67. The average molecular weight is 95.1 g/mol. The number of hydrogen-bond acceptors (Lipinski definition) is 1. The maximum Gasteiger partial charge on any atom is 0.368 e. The average Bonchev–Trinajstić information content (AvgIpc) is 1.87. The Kier molecular flexibility index (Phi) is 0.749. The molecule has 2 amide bonds. The molecule has 3 nitrogen and oxygen atoms in total. The Labute approximate surface area is 40.8 Å². The van der Waals surface area contributed by atoms with E-state index in [9.17, 15) is 4.79 Å². The number of nitrogens with zero attached hydrogens (tertiary/aromatic N) is 2. The van der Waals surface area contributed by atoms with E-state index in [4.69, 9.17) is 0 Å². The molecule has 1 aliphatic heterocycles. The highest BCUT2D eigenvalue weighted by Gasteiger charge is 2.01. The van der Waals surface area contributed by atoms with Gasteiger partial charge < -0.3 is 0 Å². The molecule has 0 aromatic heterocycles. The third kappa shape index (κ3) is 0.707. The number of carbonyl (C=O) groups is 1. The molecule has 1 rings (SSSR count). The Balaban J connectivity index is 2.88. The lowest BCUT2D eigenvalue weighted by Gasteiger charge is -1.67. The molecule has 3 heteroatoms. The fourth-order valence-electron chi connectivity index (χ4n) is 0.322. The van der Waals surface area contributed by atoms with Crippen LogP contribution in [0, 0.1) is 0 Å². The SMILES string of the molecule is CC1=NC(=O)N=[C]1. The Morgan fingerprint density at radius 3 is 2.57 bits per heavy atom. The van der Waals surface area contributed by atoms with Crippen LogP contribution in [-0.4, -0.2) is 18.0 Å². The number of aliphatic imine (C=N–C) groups is 2. The quantitative estimate of drug-likeness (QED) is 0.432. The number of hydrogen-bond donors (Lipinski definition) is 0. The monoisotopic (exact) mass is 95.0 g/mol. The van der Waals surface area contributed by atoms with Gasteiger partial charge in [0.2, 0.25) is 0 Å². The lowest BCUT2D eigenvalue weighted by Crippen LogP contribution is -1.83. The molecule has 0 spiro atoms. The second-order valence-electron chi connectivity index (χ2n) is 1.20. The van der Waals surface area contributed by atoms with Crippen LogP contribution in [0.4, 0.5) is 4.79 Å². The van der Waals surface area contributed by atoms with E-state index in [-0.39, 0.29) is 0 Å². The van der Waals surface area contributed by atoms with E-state index >= 15 is 0 Å². The van der Waals surface area contributed by atoms with E-state index in [0.29, 0.717) is 5.71 Å². The third-order valence-electron chi connectivity index (χ3n) is 0.577. The molecule has 0 N–H and O–H groups in total. The van der Waals surface area contributed by atoms with Crippen molar-refractivity contribution in [3.8, 4) is 0 Å². The van der Waals surface area contributed by atoms with Crippen molar-refractivity contribution in [3.63, 3.8) is 0 Å². The summed E-state index contributed by atoms with van der Waals surface area (Å²) in [5.74, 6) is 0. The molecule has 0 aromatic carbocycles. The summed E-state index contributed by atoms with van der Waals surface area (Å²) in [4.78, 5) is 16.7. The van der Waals surface area contributed by atoms with Crippen LogP contribution < -0.4 is 0 Å². The molecule has 0 atom stereocenters. The van der Waals surface area contributed by atoms with Crippen LogP contribution in [0.15, 0.2) is 9.98 Å². The second kappa shape index (κ2) is 1.26. The summed E-state index contributed by atoms with van der Waals surface area (Å²) in [7, 11) is 0. The fraction of sp³-hybridized carbons (Fsp3) is 0.250. The van der Waals surface area contributed by atoms with Crippen LogP contribution in [0.25, 0.3) is 0 Å². The zero-order valence-electron chi connectivity index (χ0n) is 3.80. The summed E-state index contributed by atoms with van der Waals surface area (Å²) in [6.07, 6.45) is 2.39. The minimum Gasteiger partial charge on any atom is -0.244 e. The lowest BCUT2D eigenvalue weighted by molar-refractivity contribution is 0.257. The van der Waals surface area contributed by atoms with E-state index in [1.807, 2.05) is 0 Å². The molecule has 0 bridgehead atoms. The number of amides is 2. The molecule has 35 valence electrons. The van der Waals surface area contributed by atoms with Crippen molar-refractivity contribution < 1.29 is 4.79 Å². The van der Waals surface area contributed by atoms with Gasteiger partial charge in [0.1, 0.15) is 6.21 Å². The van der Waals surface area contributed by atoms with E-state index in [2.05, 4.69) is 16.2 Å². The summed E-state index contributed by atoms with van der Waals surface area (Å²) in [6, 6.07) is -0.447. The van der Waals surface area contributed by atoms with Crippen LogP contribution in [-0.2, 0) is 0 Å². The molecule has 7 heavy (non-hydrogen) atoms. The first-order chi connectivity index (χ1) is 3.29. The number of urea groups is 1. The van der Waals surface area contributed by atoms with Crippen LogP contribution in [0.3, 0.4) is 0 Å². The Hall–Kier alpha value is -0.990. The first-order valence-corrected chi connectivity index (χ1v) is 1.85. The number of carbonyl (C=O) groups excluding carboxylic acids is 1. The van der Waals surface area contributed by atoms with E-state index in [1.54, 1.807) is 6.92 Å². The maximum atomic E-state index is 10.0. The molecule has 0 fully saturated rings. The molecule has 0 aromatic rings. The van der Waals surface area contributed by atoms with Crippen molar-refractivity contribution in [2.75, 3.05) is 0 Å². The van der Waals surface area contributed by atoms with Crippen molar-refractivity contribution in [3.05, 3.63) is 0 Å². The van der Waals surface area contributed by atoms with Gasteiger partial charge in [0, 0.05) is 0 Å². The van der Waals surface area contributed by atoms with E-state index < -0.39 is 6.03 Å². The minimum atomic E-state index is -0.447. The highest BCUT2D eigenvalue weighted by atomic mass is 16.2. The Bertz CT molecular complexity index is 157. The zero-order valence-corrected chi connectivity index (χ0v) is 3.80. The molecule has 0 unspecified atom stereocenters. The molecule has 1 aliphatic rings. The highest BCUT2D eigenvalue weighted by molar-refractivity contribution is 6.36. The summed E-state index contributed by atoms with van der Waals surface area (Å²) < 4.78 is 0. The van der Waals surface area contributed by atoms with Crippen molar-refractivity contribution in [1.29, 1.82) is 0 Å². The molecular weight excluding hydrogens is 92.1 g/mol. The van der Waals surface area contributed by atoms with Crippen LogP contribution in [0.5, 0.6) is 0 Å². The van der Waals surface area contributed by atoms with E-state index in [1.165, 1.54) is 0 Å². The highest BCUT2D eigenvalue weighted by Crippen LogP contribution is 1.89. The van der Waals surface area contributed by atoms with Crippen molar-refractivity contribution >= 4 is 18.0 Å². The number of rotatable bonds is 0. The normalized spacial score (nSPS) is 17.9. The first kappa shape index (κ1) is 4.18. The smallest absolute Gasteiger partial charge is 0.244 e. The van der Waals surface area contributed by atoms with Gasteiger partial charge in [0.05, 0.1) is 5.71 Å². The summed E-state index contributed by atoms with van der Waals surface area (Å²) in [5.41, 5.74) is 0.560. The van der Waals surface area contributed by atoms with Gasteiger partial charge in [-0.15, -0.1) is 0 Å². The van der Waals surface area contributed by atoms with Gasteiger partial charge in [-0.05, 0) is 6.92 Å². The largest absolute Gasteiger partial charge is 0.368 e. The van der Waals surface area contributed by atoms with E-state index in [0.717, 1.165) is 0 Å².